The van der Waals surface area contributed by atoms with Gasteiger partial charge in [-0.25, -0.2) is 0 Å². The molecule has 6 heteroatoms. The molecule has 108 valence electrons. The van der Waals surface area contributed by atoms with Crippen molar-refractivity contribution >= 4 is 27.1 Å². The van der Waals surface area contributed by atoms with E-state index in [9.17, 15) is 8.42 Å². The van der Waals surface area contributed by atoms with Crippen LogP contribution in [0.1, 0.15) is 31.2 Å². The summed E-state index contributed by atoms with van der Waals surface area (Å²) in [6.45, 7) is 1.92. The molecule has 0 unspecified atom stereocenters. The number of aryl methyl sites for hydroxylation is 1. The Morgan fingerprint density at radius 2 is 1.63 bits per heavy atom. The average molecular weight is 350 g/mol. The van der Waals surface area contributed by atoms with Crippen LogP contribution in [0.2, 0.25) is 0 Å². The molecule has 1 fully saturated rings. The summed E-state index contributed by atoms with van der Waals surface area (Å²) in [5.41, 5.74) is 6.81. The predicted molar refractivity (Wildman–Crippen MR) is 80.0 cm³/mol. The molecule has 4 nitrogen and oxygen atoms in total. The van der Waals surface area contributed by atoms with E-state index in [0.717, 1.165) is 18.4 Å². The molecule has 0 aromatic heterocycles. The number of hydrogen-bond donors (Lipinski definition) is 1. The Labute approximate surface area is 125 Å². The summed E-state index contributed by atoms with van der Waals surface area (Å²) in [7, 11) is -3.63. The smallest absolute Gasteiger partial charge is 0.297 e. The Hall–Kier alpha value is -0.430. The highest BCUT2D eigenvalue weighted by atomic mass is 79.9. The fourth-order valence-corrected chi connectivity index (χ4v) is 3.26. The van der Waals surface area contributed by atoms with Crippen LogP contribution >= 0.6 is 17.0 Å². The first-order chi connectivity index (χ1) is 8.47. The molecule has 2 rings (SSSR count). The van der Waals surface area contributed by atoms with Crippen LogP contribution in [0.25, 0.3) is 0 Å². The first-order valence-electron chi connectivity index (χ1n) is 6.23. The zero-order chi connectivity index (χ0) is 13.2. The normalized spacial score (nSPS) is 23.7. The zero-order valence-corrected chi connectivity index (χ0v) is 13.4. The third-order valence-electron chi connectivity index (χ3n) is 3.29. The summed E-state index contributed by atoms with van der Waals surface area (Å²) < 4.78 is 29.3. The van der Waals surface area contributed by atoms with Crippen LogP contribution in [0.15, 0.2) is 29.2 Å². The van der Waals surface area contributed by atoms with Gasteiger partial charge in [-0.3, -0.25) is 4.18 Å². The molecular formula is C13H20BrNO3S. The largest absolute Gasteiger partial charge is 0.328 e. The van der Waals surface area contributed by atoms with Crippen molar-refractivity contribution in [3.63, 3.8) is 0 Å². The molecule has 1 aromatic rings. The van der Waals surface area contributed by atoms with E-state index in [1.807, 2.05) is 6.92 Å². The number of halogens is 1. The molecule has 1 aliphatic carbocycles. The van der Waals surface area contributed by atoms with Crippen LogP contribution in [0.4, 0.5) is 0 Å². The summed E-state index contributed by atoms with van der Waals surface area (Å²) in [4.78, 5) is 0.225. The van der Waals surface area contributed by atoms with Gasteiger partial charge in [0.15, 0.2) is 0 Å². The summed E-state index contributed by atoms with van der Waals surface area (Å²) in [6, 6.07) is 6.89. The quantitative estimate of drug-likeness (QED) is 0.851. The van der Waals surface area contributed by atoms with Gasteiger partial charge in [0.2, 0.25) is 0 Å². The molecule has 1 saturated carbocycles. The van der Waals surface area contributed by atoms with Gasteiger partial charge in [0.25, 0.3) is 10.1 Å². The molecule has 19 heavy (non-hydrogen) atoms. The summed E-state index contributed by atoms with van der Waals surface area (Å²) in [5.74, 6) is 0. The lowest BCUT2D eigenvalue weighted by Gasteiger charge is -2.25. The van der Waals surface area contributed by atoms with Crippen LogP contribution in [-0.2, 0) is 14.3 Å². The second-order valence-electron chi connectivity index (χ2n) is 4.90. The van der Waals surface area contributed by atoms with Crippen molar-refractivity contribution in [1.29, 1.82) is 0 Å². The van der Waals surface area contributed by atoms with Gasteiger partial charge in [-0.2, -0.15) is 8.42 Å². The third kappa shape index (κ3) is 4.56. The predicted octanol–water partition coefficient (Wildman–Crippen LogP) is 2.55. The van der Waals surface area contributed by atoms with E-state index in [1.54, 1.807) is 24.3 Å². The number of hydrogen-bond acceptors (Lipinski definition) is 4. The van der Waals surface area contributed by atoms with Gasteiger partial charge in [-0.15, -0.1) is 17.0 Å². The van der Waals surface area contributed by atoms with E-state index in [4.69, 9.17) is 9.92 Å². The first kappa shape index (κ1) is 16.6. The monoisotopic (exact) mass is 349 g/mol. The van der Waals surface area contributed by atoms with Crippen LogP contribution < -0.4 is 5.73 Å². The lowest BCUT2D eigenvalue weighted by Crippen LogP contribution is -2.31. The van der Waals surface area contributed by atoms with Crippen molar-refractivity contribution in [2.75, 3.05) is 0 Å². The molecule has 0 heterocycles. The molecule has 0 spiro atoms. The van der Waals surface area contributed by atoms with Gasteiger partial charge in [0.1, 0.15) is 0 Å². The minimum atomic E-state index is -3.63. The van der Waals surface area contributed by atoms with E-state index in [2.05, 4.69) is 0 Å². The molecule has 0 amide bonds. The fourth-order valence-electron chi connectivity index (χ4n) is 2.12. The van der Waals surface area contributed by atoms with Crippen LogP contribution in [0.5, 0.6) is 0 Å². The first-order valence-corrected chi connectivity index (χ1v) is 7.64. The highest BCUT2D eigenvalue weighted by Crippen LogP contribution is 2.24. The molecule has 0 atom stereocenters. The highest BCUT2D eigenvalue weighted by molar-refractivity contribution is 8.93. The Kier molecular flexibility index (Phi) is 5.98. The van der Waals surface area contributed by atoms with E-state index < -0.39 is 10.1 Å². The van der Waals surface area contributed by atoms with Crippen molar-refractivity contribution in [3.05, 3.63) is 29.8 Å². The summed E-state index contributed by atoms with van der Waals surface area (Å²) >= 11 is 0. The second-order valence-corrected chi connectivity index (χ2v) is 6.47. The van der Waals surface area contributed by atoms with Crippen molar-refractivity contribution < 1.29 is 12.6 Å². The van der Waals surface area contributed by atoms with Gasteiger partial charge < -0.3 is 5.73 Å². The van der Waals surface area contributed by atoms with Crippen molar-refractivity contribution in [2.24, 2.45) is 5.73 Å². The number of benzene rings is 1. The molecule has 0 aliphatic heterocycles. The highest BCUT2D eigenvalue weighted by Gasteiger charge is 2.25. The van der Waals surface area contributed by atoms with E-state index in [0.29, 0.717) is 12.8 Å². The Bertz CT molecular complexity index is 493. The SMILES string of the molecule is Br.Cc1ccc(S(=O)(=O)OC2CCC(N)CC2)cc1. The van der Waals surface area contributed by atoms with E-state index in [-0.39, 0.29) is 34.0 Å². The molecule has 2 N–H and O–H groups in total. The maximum Gasteiger partial charge on any atom is 0.297 e. The Morgan fingerprint density at radius 3 is 2.16 bits per heavy atom. The van der Waals surface area contributed by atoms with Crippen LogP contribution in [-0.4, -0.2) is 20.6 Å². The summed E-state index contributed by atoms with van der Waals surface area (Å²) in [6.07, 6.45) is 2.86. The van der Waals surface area contributed by atoms with E-state index in [1.165, 1.54) is 0 Å². The molecule has 0 bridgehead atoms. The Morgan fingerprint density at radius 1 is 1.11 bits per heavy atom. The van der Waals surface area contributed by atoms with Gasteiger partial charge >= 0.3 is 0 Å². The molecule has 0 radical (unpaired) electrons. The van der Waals surface area contributed by atoms with E-state index >= 15 is 0 Å². The number of rotatable bonds is 3. The standard InChI is InChI=1S/C13H19NO3S.BrH/c1-10-2-8-13(9-3-10)18(15,16)17-12-6-4-11(14)5-7-12;/h2-3,8-9,11-12H,4-7,14H2,1H3;1H. The second kappa shape index (κ2) is 6.83. The minimum Gasteiger partial charge on any atom is -0.328 e. The lowest BCUT2D eigenvalue weighted by molar-refractivity contribution is 0.154. The van der Waals surface area contributed by atoms with Crippen LogP contribution in [0.3, 0.4) is 0 Å². The van der Waals surface area contributed by atoms with Gasteiger partial charge in [0, 0.05) is 6.04 Å². The molecule has 1 aliphatic rings. The molecule has 0 saturated heterocycles. The third-order valence-corrected chi connectivity index (χ3v) is 4.67. The number of nitrogens with two attached hydrogens (primary N) is 1. The van der Waals surface area contributed by atoms with Crippen molar-refractivity contribution in [3.8, 4) is 0 Å². The van der Waals surface area contributed by atoms with Crippen molar-refractivity contribution in [1.82, 2.24) is 0 Å². The van der Waals surface area contributed by atoms with Gasteiger partial charge in [0.05, 0.1) is 11.0 Å². The van der Waals surface area contributed by atoms with Crippen molar-refractivity contribution in [2.45, 2.75) is 49.6 Å². The minimum absolute atomic E-state index is 0. The van der Waals surface area contributed by atoms with Gasteiger partial charge in [-0.1, -0.05) is 17.7 Å². The average Bonchev–Trinajstić information content (AvgIpc) is 2.32. The maximum atomic E-state index is 12.0. The molecule has 1 aromatic carbocycles. The van der Waals surface area contributed by atoms with Crippen LogP contribution in [0, 0.1) is 6.92 Å². The fraction of sp³-hybridized carbons (Fsp3) is 0.538. The zero-order valence-electron chi connectivity index (χ0n) is 10.9. The van der Waals surface area contributed by atoms with Gasteiger partial charge in [-0.05, 0) is 44.7 Å². The molecular weight excluding hydrogens is 330 g/mol. The lowest BCUT2D eigenvalue weighted by atomic mass is 9.94. The summed E-state index contributed by atoms with van der Waals surface area (Å²) in [5, 5.41) is 0. The topological polar surface area (TPSA) is 69.4 Å². The maximum absolute atomic E-state index is 12.0. The Balaban J connectivity index is 0.00000180.